The van der Waals surface area contributed by atoms with E-state index in [1.54, 1.807) is 13.8 Å². The van der Waals surface area contributed by atoms with Gasteiger partial charge >= 0.3 is 12.1 Å². The molecule has 1 fully saturated rings. The van der Waals surface area contributed by atoms with Crippen molar-refractivity contribution in [3.63, 3.8) is 0 Å². The van der Waals surface area contributed by atoms with Crippen molar-refractivity contribution in [2.75, 3.05) is 6.61 Å². The van der Waals surface area contributed by atoms with Crippen LogP contribution in [0, 0.1) is 5.92 Å². The van der Waals surface area contributed by atoms with Gasteiger partial charge in [-0.25, -0.2) is 4.79 Å². The summed E-state index contributed by atoms with van der Waals surface area (Å²) in [5, 5.41) is 15.0. The molecule has 0 aromatic heterocycles. The van der Waals surface area contributed by atoms with Gasteiger partial charge in [0.15, 0.2) is 0 Å². The van der Waals surface area contributed by atoms with Crippen LogP contribution in [-0.2, 0) is 14.3 Å². The van der Waals surface area contributed by atoms with Gasteiger partial charge in [-0.05, 0) is 48.9 Å². The van der Waals surface area contributed by atoms with Crippen molar-refractivity contribution in [1.82, 2.24) is 10.6 Å². The van der Waals surface area contributed by atoms with E-state index in [0.29, 0.717) is 12.8 Å². The van der Waals surface area contributed by atoms with Gasteiger partial charge in [-0.15, -0.1) is 0 Å². The van der Waals surface area contributed by atoms with Crippen molar-refractivity contribution >= 4 is 18.0 Å². The Morgan fingerprint density at radius 1 is 1.06 bits per heavy atom. The van der Waals surface area contributed by atoms with Crippen molar-refractivity contribution < 1.29 is 24.2 Å². The first-order chi connectivity index (χ1) is 15.8. The van der Waals surface area contributed by atoms with Crippen molar-refractivity contribution in [1.29, 1.82) is 0 Å². The van der Waals surface area contributed by atoms with Crippen LogP contribution in [0.15, 0.2) is 48.5 Å². The largest absolute Gasteiger partial charge is 0.481 e. The van der Waals surface area contributed by atoms with Gasteiger partial charge < -0.3 is 20.5 Å². The first kappa shape index (κ1) is 22.8. The smallest absolute Gasteiger partial charge is 0.407 e. The van der Waals surface area contributed by atoms with E-state index in [-0.39, 0.29) is 12.5 Å². The second-order valence-corrected chi connectivity index (χ2v) is 9.23. The van der Waals surface area contributed by atoms with Crippen molar-refractivity contribution in [3.05, 3.63) is 59.7 Å². The van der Waals surface area contributed by atoms with E-state index in [1.165, 1.54) is 0 Å². The van der Waals surface area contributed by atoms with E-state index < -0.39 is 35.5 Å². The predicted octanol–water partition coefficient (Wildman–Crippen LogP) is 4.06. The quantitative estimate of drug-likeness (QED) is 0.616. The lowest BCUT2D eigenvalue weighted by Crippen LogP contribution is -2.59. The van der Waals surface area contributed by atoms with E-state index in [2.05, 4.69) is 22.8 Å². The molecule has 3 atom stereocenters. The zero-order valence-corrected chi connectivity index (χ0v) is 19.0. The van der Waals surface area contributed by atoms with Crippen LogP contribution in [0.4, 0.5) is 4.79 Å². The summed E-state index contributed by atoms with van der Waals surface area (Å²) in [4.78, 5) is 36.9. The number of nitrogens with one attached hydrogen (secondary N) is 2. The van der Waals surface area contributed by atoms with Crippen LogP contribution in [0.1, 0.15) is 56.6 Å². The second-order valence-electron chi connectivity index (χ2n) is 9.23. The maximum absolute atomic E-state index is 12.7. The number of hydrogen-bond donors (Lipinski definition) is 3. The molecule has 4 rings (SSSR count). The topological polar surface area (TPSA) is 105 Å². The Morgan fingerprint density at radius 2 is 1.67 bits per heavy atom. The van der Waals surface area contributed by atoms with Crippen LogP contribution in [0.2, 0.25) is 0 Å². The molecule has 1 saturated carbocycles. The lowest BCUT2D eigenvalue weighted by atomic mass is 9.73. The minimum Gasteiger partial charge on any atom is -0.481 e. The fourth-order valence-corrected chi connectivity index (χ4v) is 5.15. The minimum atomic E-state index is -0.908. The maximum Gasteiger partial charge on any atom is 0.407 e. The van der Waals surface area contributed by atoms with Gasteiger partial charge in [-0.2, -0.15) is 0 Å². The zero-order valence-electron chi connectivity index (χ0n) is 19.0. The number of carboxylic acids is 1. The number of amides is 2. The highest BCUT2D eigenvalue weighted by atomic mass is 16.5. The van der Waals surface area contributed by atoms with Crippen LogP contribution in [-0.4, -0.2) is 41.3 Å². The van der Waals surface area contributed by atoms with E-state index in [9.17, 15) is 19.5 Å². The molecule has 0 aliphatic heterocycles. The number of fused-ring (bicyclic) bond motifs is 3. The van der Waals surface area contributed by atoms with E-state index in [1.807, 2.05) is 36.4 Å². The molecule has 0 spiro atoms. The Labute approximate surface area is 193 Å². The van der Waals surface area contributed by atoms with Gasteiger partial charge in [0.1, 0.15) is 12.6 Å². The molecule has 7 heteroatoms. The van der Waals surface area contributed by atoms with Crippen LogP contribution >= 0.6 is 0 Å². The summed E-state index contributed by atoms with van der Waals surface area (Å²) < 4.78 is 5.51. The van der Waals surface area contributed by atoms with Crippen molar-refractivity contribution in [3.8, 4) is 11.1 Å². The number of rotatable bonds is 6. The molecule has 0 heterocycles. The number of benzene rings is 2. The van der Waals surface area contributed by atoms with Crippen LogP contribution < -0.4 is 10.6 Å². The summed E-state index contributed by atoms with van der Waals surface area (Å²) in [6, 6.07) is 15.3. The SMILES string of the molecule is C[C@H](NC(=O)OCC1c2ccccc2-c2ccccc21)C(=O)NC1(C)CCCCC1C(=O)O. The highest BCUT2D eigenvalue weighted by molar-refractivity contribution is 5.86. The maximum atomic E-state index is 12.7. The number of carbonyl (C=O) groups excluding carboxylic acids is 2. The third kappa shape index (κ3) is 4.58. The molecule has 2 unspecified atom stereocenters. The molecule has 2 aliphatic rings. The molecule has 2 aliphatic carbocycles. The van der Waals surface area contributed by atoms with Crippen LogP contribution in [0.5, 0.6) is 0 Å². The molecule has 2 amide bonds. The highest BCUT2D eigenvalue weighted by Gasteiger charge is 2.42. The summed E-state index contributed by atoms with van der Waals surface area (Å²) in [5.74, 6) is -2.03. The first-order valence-electron chi connectivity index (χ1n) is 11.5. The zero-order chi connectivity index (χ0) is 23.6. The molecule has 0 saturated heterocycles. The Balaban J connectivity index is 1.35. The second kappa shape index (κ2) is 9.25. The summed E-state index contributed by atoms with van der Waals surface area (Å²) in [5.41, 5.74) is 3.68. The predicted molar refractivity (Wildman–Crippen MR) is 124 cm³/mol. The van der Waals surface area contributed by atoms with E-state index in [0.717, 1.165) is 35.1 Å². The minimum absolute atomic E-state index is 0.0650. The Kier molecular flexibility index (Phi) is 6.40. The summed E-state index contributed by atoms with van der Waals surface area (Å²) >= 11 is 0. The normalized spacial score (nSPS) is 22.5. The number of hydrogen-bond acceptors (Lipinski definition) is 4. The number of ether oxygens (including phenoxy) is 1. The van der Waals surface area contributed by atoms with Gasteiger partial charge in [0.25, 0.3) is 0 Å². The Hall–Kier alpha value is -3.35. The van der Waals surface area contributed by atoms with Crippen LogP contribution in [0.25, 0.3) is 11.1 Å². The Morgan fingerprint density at radius 3 is 2.27 bits per heavy atom. The van der Waals surface area contributed by atoms with Crippen molar-refractivity contribution in [2.24, 2.45) is 5.92 Å². The van der Waals surface area contributed by atoms with E-state index in [4.69, 9.17) is 4.74 Å². The third-order valence-electron chi connectivity index (χ3n) is 6.99. The molecular formula is C26H30N2O5. The van der Waals surface area contributed by atoms with Crippen molar-refractivity contribution in [2.45, 2.75) is 57.0 Å². The molecule has 174 valence electrons. The summed E-state index contributed by atoms with van der Waals surface area (Å²) in [6.45, 7) is 3.49. The van der Waals surface area contributed by atoms with Gasteiger partial charge in [0.05, 0.1) is 11.5 Å². The number of aliphatic carboxylic acids is 1. The molecule has 0 bridgehead atoms. The average molecular weight is 451 g/mol. The fourth-order valence-electron chi connectivity index (χ4n) is 5.15. The lowest BCUT2D eigenvalue weighted by molar-refractivity contribution is -0.146. The number of alkyl carbamates (subject to hydrolysis) is 1. The lowest BCUT2D eigenvalue weighted by Gasteiger charge is -2.40. The number of carbonyl (C=O) groups is 3. The first-order valence-corrected chi connectivity index (χ1v) is 11.5. The third-order valence-corrected chi connectivity index (χ3v) is 6.99. The molecule has 2 aromatic rings. The standard InChI is InChI=1S/C26H30N2O5/c1-16(23(29)28-26(2)14-8-7-13-22(26)24(30)31)27-25(32)33-15-21-19-11-5-3-9-17(19)18-10-4-6-12-20(18)21/h3-6,9-12,16,21-22H,7-8,13-15H2,1-2H3,(H,27,32)(H,28,29)(H,30,31)/t16-,22?,26?/m0/s1. The van der Waals surface area contributed by atoms with Gasteiger partial charge in [-0.3, -0.25) is 9.59 Å². The fraction of sp³-hybridized carbons (Fsp3) is 0.423. The molecule has 7 nitrogen and oxygen atoms in total. The van der Waals surface area contributed by atoms with Crippen LogP contribution in [0.3, 0.4) is 0 Å². The summed E-state index contributed by atoms with van der Waals surface area (Å²) in [6.07, 6.45) is 2.13. The molecule has 0 radical (unpaired) electrons. The average Bonchev–Trinajstić information content (AvgIpc) is 3.11. The number of carboxylic acid groups (broad SMARTS) is 1. The van der Waals surface area contributed by atoms with E-state index >= 15 is 0 Å². The van der Waals surface area contributed by atoms with Gasteiger partial charge in [-0.1, -0.05) is 61.4 Å². The molecule has 3 N–H and O–H groups in total. The van der Waals surface area contributed by atoms with Gasteiger partial charge in [0.2, 0.25) is 5.91 Å². The monoisotopic (exact) mass is 450 g/mol. The van der Waals surface area contributed by atoms with Gasteiger partial charge in [0, 0.05) is 5.92 Å². The molecule has 2 aromatic carbocycles. The Bertz CT molecular complexity index is 1020. The summed E-state index contributed by atoms with van der Waals surface area (Å²) in [7, 11) is 0. The highest BCUT2D eigenvalue weighted by Crippen LogP contribution is 2.44. The molecular weight excluding hydrogens is 420 g/mol. The molecule has 33 heavy (non-hydrogen) atoms.